The molecule has 2 aromatic heterocycles. The van der Waals surface area contributed by atoms with Crippen LogP contribution in [0.25, 0.3) is 0 Å². The third-order valence-electron chi connectivity index (χ3n) is 3.38. The second-order valence-corrected chi connectivity index (χ2v) is 6.17. The fourth-order valence-electron chi connectivity index (χ4n) is 2.39. The van der Waals surface area contributed by atoms with Gasteiger partial charge in [-0.2, -0.15) is 0 Å². The number of rotatable bonds is 4. The smallest absolute Gasteiger partial charge is 0.0541 e. The normalized spacial score (nSPS) is 13.8. The molecule has 1 N–H and O–H groups in total. The molecule has 0 aromatic carbocycles. The Kier molecular flexibility index (Phi) is 3.43. The predicted molar refractivity (Wildman–Crippen MR) is 75.9 cm³/mol. The summed E-state index contributed by atoms with van der Waals surface area (Å²) in [5.74, 6) is 0. The fourth-order valence-corrected chi connectivity index (χ4v) is 3.62. The molecule has 1 aliphatic rings. The molecule has 0 saturated carbocycles. The largest absolute Gasteiger partial charge is 0.306 e. The topological polar surface area (TPSA) is 24.9 Å². The minimum Gasteiger partial charge on any atom is -0.306 e. The van der Waals surface area contributed by atoms with Crippen molar-refractivity contribution >= 4 is 11.3 Å². The fraction of sp³-hybridized carbons (Fsp3) is 0.400. The van der Waals surface area contributed by atoms with Gasteiger partial charge < -0.3 is 5.32 Å². The number of nitrogens with one attached hydrogen (secondary N) is 1. The van der Waals surface area contributed by atoms with Crippen LogP contribution in [0, 0.1) is 6.92 Å². The van der Waals surface area contributed by atoms with Crippen molar-refractivity contribution in [2.24, 2.45) is 0 Å². The first-order valence-electron chi connectivity index (χ1n) is 6.54. The maximum Gasteiger partial charge on any atom is 0.0541 e. The Balaban J connectivity index is 1.53. The van der Waals surface area contributed by atoms with Gasteiger partial charge >= 0.3 is 0 Å². The van der Waals surface area contributed by atoms with Crippen molar-refractivity contribution in [3.8, 4) is 0 Å². The van der Waals surface area contributed by atoms with Crippen LogP contribution in [0.4, 0.5) is 0 Å². The van der Waals surface area contributed by atoms with Crippen molar-refractivity contribution in [1.82, 2.24) is 10.3 Å². The van der Waals surface area contributed by atoms with Crippen molar-refractivity contribution in [2.75, 3.05) is 0 Å². The molecule has 3 rings (SSSR count). The van der Waals surface area contributed by atoms with Crippen LogP contribution in [0.3, 0.4) is 0 Å². The summed E-state index contributed by atoms with van der Waals surface area (Å²) in [4.78, 5) is 7.48. The highest BCUT2D eigenvalue weighted by Gasteiger charge is 2.14. The SMILES string of the molecule is Cc1ccc(CNCc2cc3c(s2)CCC3)nc1. The van der Waals surface area contributed by atoms with E-state index in [-0.39, 0.29) is 0 Å². The number of fused-ring (bicyclic) bond motifs is 1. The summed E-state index contributed by atoms with van der Waals surface area (Å²) in [6.07, 6.45) is 5.85. The molecular weight excluding hydrogens is 240 g/mol. The van der Waals surface area contributed by atoms with Crippen LogP contribution < -0.4 is 5.32 Å². The number of nitrogens with zero attached hydrogens (tertiary/aromatic N) is 1. The average molecular weight is 258 g/mol. The van der Waals surface area contributed by atoms with E-state index >= 15 is 0 Å². The van der Waals surface area contributed by atoms with Gasteiger partial charge in [0.2, 0.25) is 0 Å². The van der Waals surface area contributed by atoms with Crippen LogP contribution in [-0.4, -0.2) is 4.98 Å². The van der Waals surface area contributed by atoms with Crippen LogP contribution in [0.2, 0.25) is 0 Å². The van der Waals surface area contributed by atoms with Gasteiger partial charge in [-0.15, -0.1) is 11.3 Å². The maximum absolute atomic E-state index is 4.40. The second-order valence-electron chi connectivity index (χ2n) is 4.95. The minimum atomic E-state index is 0.850. The Hall–Kier alpha value is -1.19. The summed E-state index contributed by atoms with van der Waals surface area (Å²) < 4.78 is 0. The molecule has 0 spiro atoms. The van der Waals surface area contributed by atoms with E-state index in [1.165, 1.54) is 29.7 Å². The van der Waals surface area contributed by atoms with E-state index in [9.17, 15) is 0 Å². The van der Waals surface area contributed by atoms with Crippen LogP contribution in [0.1, 0.15) is 33.0 Å². The van der Waals surface area contributed by atoms with E-state index in [0.29, 0.717) is 0 Å². The lowest BCUT2D eigenvalue weighted by atomic mass is 10.2. The molecule has 0 saturated heterocycles. The quantitative estimate of drug-likeness (QED) is 0.910. The molecule has 18 heavy (non-hydrogen) atoms. The second kappa shape index (κ2) is 5.21. The molecule has 0 amide bonds. The van der Waals surface area contributed by atoms with Gasteiger partial charge in [0.05, 0.1) is 5.69 Å². The molecule has 2 nitrogen and oxygen atoms in total. The third-order valence-corrected chi connectivity index (χ3v) is 4.61. The first-order chi connectivity index (χ1) is 8.81. The lowest BCUT2D eigenvalue weighted by Crippen LogP contribution is -2.12. The van der Waals surface area contributed by atoms with Gasteiger partial charge in [-0.1, -0.05) is 6.07 Å². The zero-order valence-corrected chi connectivity index (χ0v) is 11.5. The Morgan fingerprint density at radius 2 is 2.22 bits per heavy atom. The monoisotopic (exact) mass is 258 g/mol. The van der Waals surface area contributed by atoms with E-state index in [0.717, 1.165) is 18.8 Å². The highest BCUT2D eigenvalue weighted by atomic mass is 32.1. The van der Waals surface area contributed by atoms with E-state index in [1.807, 2.05) is 17.5 Å². The summed E-state index contributed by atoms with van der Waals surface area (Å²) in [5, 5.41) is 3.47. The van der Waals surface area contributed by atoms with Crippen LogP contribution in [-0.2, 0) is 25.9 Å². The van der Waals surface area contributed by atoms with Crippen molar-refractivity contribution in [3.05, 3.63) is 51.0 Å². The summed E-state index contributed by atoms with van der Waals surface area (Å²) in [5.41, 5.74) is 3.92. The summed E-state index contributed by atoms with van der Waals surface area (Å²) in [6.45, 7) is 3.88. The van der Waals surface area contributed by atoms with Crippen molar-refractivity contribution in [3.63, 3.8) is 0 Å². The Labute approximate surface area is 112 Å². The van der Waals surface area contributed by atoms with Gasteiger partial charge in [0, 0.05) is 29.0 Å². The number of thiophene rings is 1. The zero-order chi connectivity index (χ0) is 12.4. The number of pyridine rings is 1. The van der Waals surface area contributed by atoms with Gasteiger partial charge in [0.25, 0.3) is 0 Å². The number of hydrogen-bond acceptors (Lipinski definition) is 3. The van der Waals surface area contributed by atoms with Crippen LogP contribution >= 0.6 is 11.3 Å². The number of aromatic nitrogens is 1. The van der Waals surface area contributed by atoms with E-state index in [4.69, 9.17) is 0 Å². The highest BCUT2D eigenvalue weighted by molar-refractivity contribution is 7.12. The van der Waals surface area contributed by atoms with Gasteiger partial charge in [0.15, 0.2) is 0 Å². The molecule has 94 valence electrons. The lowest BCUT2D eigenvalue weighted by Gasteiger charge is -2.03. The van der Waals surface area contributed by atoms with E-state index < -0.39 is 0 Å². The molecule has 2 heterocycles. The maximum atomic E-state index is 4.40. The number of hydrogen-bond donors (Lipinski definition) is 1. The standard InChI is InChI=1S/C15H18N2S/c1-11-5-6-13(17-8-11)9-16-10-14-7-12-3-2-4-15(12)18-14/h5-8,16H,2-4,9-10H2,1H3. The lowest BCUT2D eigenvalue weighted by molar-refractivity contribution is 0.685. The Morgan fingerprint density at radius 3 is 3.00 bits per heavy atom. The van der Waals surface area contributed by atoms with Gasteiger partial charge in [-0.05, 0) is 49.4 Å². The van der Waals surface area contributed by atoms with Crippen molar-refractivity contribution in [2.45, 2.75) is 39.3 Å². The molecule has 0 atom stereocenters. The molecule has 0 aliphatic heterocycles. The van der Waals surface area contributed by atoms with Gasteiger partial charge in [-0.25, -0.2) is 0 Å². The Morgan fingerprint density at radius 1 is 1.28 bits per heavy atom. The molecule has 0 unspecified atom stereocenters. The first kappa shape index (κ1) is 11.9. The molecule has 1 aliphatic carbocycles. The first-order valence-corrected chi connectivity index (χ1v) is 7.35. The van der Waals surface area contributed by atoms with Crippen molar-refractivity contribution in [1.29, 1.82) is 0 Å². The molecule has 0 fully saturated rings. The summed E-state index contributed by atoms with van der Waals surface area (Å²) >= 11 is 1.98. The average Bonchev–Trinajstić information content (AvgIpc) is 2.92. The van der Waals surface area contributed by atoms with Crippen LogP contribution in [0.15, 0.2) is 24.4 Å². The van der Waals surface area contributed by atoms with Crippen molar-refractivity contribution < 1.29 is 0 Å². The van der Waals surface area contributed by atoms with E-state index in [2.05, 4.69) is 35.4 Å². The Bertz CT molecular complexity index is 506. The summed E-state index contributed by atoms with van der Waals surface area (Å²) in [7, 11) is 0. The number of aryl methyl sites for hydroxylation is 3. The third kappa shape index (κ3) is 2.62. The van der Waals surface area contributed by atoms with Crippen LogP contribution in [0.5, 0.6) is 0 Å². The van der Waals surface area contributed by atoms with Gasteiger partial charge in [0.1, 0.15) is 0 Å². The molecule has 0 radical (unpaired) electrons. The zero-order valence-electron chi connectivity index (χ0n) is 10.7. The summed E-state index contributed by atoms with van der Waals surface area (Å²) in [6, 6.07) is 6.59. The minimum absolute atomic E-state index is 0.850. The highest BCUT2D eigenvalue weighted by Crippen LogP contribution is 2.30. The molecule has 0 bridgehead atoms. The van der Waals surface area contributed by atoms with E-state index in [1.54, 1.807) is 10.4 Å². The molecule has 3 heteroatoms. The van der Waals surface area contributed by atoms with Gasteiger partial charge in [-0.3, -0.25) is 4.98 Å². The molecular formula is C15H18N2S. The molecule has 2 aromatic rings. The predicted octanol–water partition coefficient (Wildman–Crippen LogP) is 3.23.